The van der Waals surface area contributed by atoms with Crippen LogP contribution < -0.4 is 20.1 Å². The molecule has 6 rings (SSSR count). The number of nitrogens with zero attached hydrogens (tertiary/aromatic N) is 4. The fraction of sp³-hybridized carbons (Fsp3) is 0.375. The monoisotopic (exact) mass is 467 g/mol. The van der Waals surface area contributed by atoms with Crippen molar-refractivity contribution in [2.75, 3.05) is 51.0 Å². The molecule has 1 saturated heterocycles. The fourth-order valence-corrected chi connectivity index (χ4v) is 4.36. The molecule has 1 aromatic carbocycles. The predicted octanol–water partition coefficient (Wildman–Crippen LogP) is 3.61. The lowest BCUT2D eigenvalue weighted by molar-refractivity contribution is -0.132. The molecular weight excluding hydrogens is 442 g/mol. The van der Waals surface area contributed by atoms with Gasteiger partial charge in [-0.2, -0.15) is 4.98 Å². The molecular formula is C24H26ClN5O3. The lowest BCUT2D eigenvalue weighted by Gasteiger charge is -2.35. The molecule has 0 bridgehead atoms. The lowest BCUT2D eigenvalue weighted by Crippen LogP contribution is -2.49. The van der Waals surface area contributed by atoms with Gasteiger partial charge in [0, 0.05) is 54.7 Å². The normalized spacial score (nSPS) is 16.2. The Morgan fingerprint density at radius 1 is 1.03 bits per heavy atom. The summed E-state index contributed by atoms with van der Waals surface area (Å²) < 4.78 is 10.7. The zero-order chi connectivity index (χ0) is 23.1. The van der Waals surface area contributed by atoms with Crippen molar-refractivity contribution < 1.29 is 14.3 Å². The minimum absolute atomic E-state index is 0.261. The van der Waals surface area contributed by atoms with E-state index in [4.69, 9.17) is 26.8 Å². The number of fused-ring (bicyclic) bond motifs is 2. The highest BCUT2D eigenvalue weighted by molar-refractivity contribution is 6.41. The van der Waals surface area contributed by atoms with Gasteiger partial charge in [0.15, 0.2) is 11.5 Å². The van der Waals surface area contributed by atoms with Gasteiger partial charge in [0.1, 0.15) is 5.82 Å². The maximum atomic E-state index is 12.2. The van der Waals surface area contributed by atoms with Crippen molar-refractivity contribution in [3.63, 3.8) is 0 Å². The van der Waals surface area contributed by atoms with Gasteiger partial charge in [-0.1, -0.05) is 29.8 Å². The van der Waals surface area contributed by atoms with Crippen molar-refractivity contribution in [3.8, 4) is 22.6 Å². The van der Waals surface area contributed by atoms with Gasteiger partial charge in [-0.05, 0) is 18.9 Å². The summed E-state index contributed by atoms with van der Waals surface area (Å²) in [6, 6.07) is 9.66. The minimum atomic E-state index is 0.261. The van der Waals surface area contributed by atoms with E-state index in [0.29, 0.717) is 60.9 Å². The van der Waals surface area contributed by atoms with Crippen LogP contribution in [-0.2, 0) is 4.79 Å². The van der Waals surface area contributed by atoms with Crippen molar-refractivity contribution in [2.45, 2.75) is 12.8 Å². The van der Waals surface area contributed by atoms with Crippen molar-refractivity contribution in [1.82, 2.24) is 14.9 Å². The average molecular weight is 468 g/mol. The number of methoxy groups -OCH3 is 2. The van der Waals surface area contributed by atoms with Gasteiger partial charge in [0.25, 0.3) is 0 Å². The number of hydrogen-bond acceptors (Lipinski definition) is 7. The van der Waals surface area contributed by atoms with Crippen LogP contribution in [0.2, 0.25) is 5.02 Å². The zero-order valence-electron chi connectivity index (χ0n) is 18.7. The molecule has 0 spiro atoms. The van der Waals surface area contributed by atoms with E-state index >= 15 is 0 Å². The highest BCUT2D eigenvalue weighted by Gasteiger charge is 2.35. The molecule has 8 nitrogen and oxygen atoms in total. The molecule has 2 fully saturated rings. The molecule has 33 heavy (non-hydrogen) atoms. The summed E-state index contributed by atoms with van der Waals surface area (Å²) in [7, 11) is 3.17. The third kappa shape index (κ3) is 4.23. The second-order valence-corrected chi connectivity index (χ2v) is 8.76. The molecule has 0 unspecified atom stereocenters. The molecule has 1 aliphatic heterocycles. The fourth-order valence-electron chi connectivity index (χ4n) is 4.08. The second kappa shape index (κ2) is 8.59. The van der Waals surface area contributed by atoms with Crippen molar-refractivity contribution >= 4 is 40.2 Å². The van der Waals surface area contributed by atoms with E-state index in [0.717, 1.165) is 23.3 Å². The Bertz CT molecular complexity index is 1200. The Kier molecular flexibility index (Phi) is 5.62. The van der Waals surface area contributed by atoms with Gasteiger partial charge in [-0.3, -0.25) is 4.79 Å². The van der Waals surface area contributed by atoms with Crippen molar-refractivity contribution in [3.05, 3.63) is 35.4 Å². The van der Waals surface area contributed by atoms with E-state index in [9.17, 15) is 4.79 Å². The van der Waals surface area contributed by atoms with Gasteiger partial charge in [0.2, 0.25) is 11.9 Å². The molecule has 1 saturated carbocycles. The first kappa shape index (κ1) is 21.6. The molecule has 3 aliphatic carbocycles. The summed E-state index contributed by atoms with van der Waals surface area (Å²) in [5, 5.41) is 1.69. The number of carbonyl (C=O) groups excluding carboxylic acids is 1. The largest absolute Gasteiger partial charge is 0.493 e. The minimum Gasteiger partial charge on any atom is -0.493 e. The average Bonchev–Trinajstić information content (AvgIpc) is 3.74. The van der Waals surface area contributed by atoms with Gasteiger partial charge < -0.3 is 25.0 Å². The number of rotatable bonds is 4. The van der Waals surface area contributed by atoms with Gasteiger partial charge in [0.05, 0.1) is 24.8 Å². The first-order chi connectivity index (χ1) is 16.0. The molecule has 1 amide bonds. The van der Waals surface area contributed by atoms with E-state index in [1.54, 1.807) is 20.3 Å². The smallest absolute Gasteiger partial charge is 0.228 e. The number of nitrogens with two attached hydrogens (primary N) is 1. The number of halogens is 1. The van der Waals surface area contributed by atoms with Gasteiger partial charge >= 0.3 is 0 Å². The van der Waals surface area contributed by atoms with E-state index in [2.05, 4.69) is 14.9 Å². The van der Waals surface area contributed by atoms with Crippen LogP contribution >= 0.6 is 11.6 Å². The molecule has 9 heteroatoms. The van der Waals surface area contributed by atoms with Crippen LogP contribution in [0, 0.1) is 5.92 Å². The number of anilines is 2. The van der Waals surface area contributed by atoms with Crippen molar-refractivity contribution in [1.29, 1.82) is 0 Å². The van der Waals surface area contributed by atoms with E-state index < -0.39 is 0 Å². The summed E-state index contributed by atoms with van der Waals surface area (Å²) in [5.74, 6) is 2.74. The molecule has 0 radical (unpaired) electrons. The van der Waals surface area contributed by atoms with Crippen LogP contribution in [0.15, 0.2) is 30.3 Å². The number of carbonyl (C=O) groups is 1. The summed E-state index contributed by atoms with van der Waals surface area (Å²) in [4.78, 5) is 25.3. The topological polar surface area (TPSA) is 93.8 Å². The van der Waals surface area contributed by atoms with Crippen molar-refractivity contribution in [2.24, 2.45) is 5.92 Å². The second-order valence-electron chi connectivity index (χ2n) is 8.39. The maximum Gasteiger partial charge on any atom is 0.228 e. The van der Waals surface area contributed by atoms with E-state index in [-0.39, 0.29) is 5.92 Å². The van der Waals surface area contributed by atoms with Crippen LogP contribution in [0.1, 0.15) is 12.8 Å². The van der Waals surface area contributed by atoms with Crippen LogP contribution in [0.5, 0.6) is 11.5 Å². The Labute approximate surface area is 197 Å². The van der Waals surface area contributed by atoms with Crippen LogP contribution in [0.3, 0.4) is 0 Å². The highest BCUT2D eigenvalue weighted by atomic mass is 35.5. The van der Waals surface area contributed by atoms with Gasteiger partial charge in [-0.15, -0.1) is 0 Å². The number of benzene rings is 2. The SMILES string of the molecule is COc1cc2nc(N3CCN(C(=O)C4CC4)CC3)nc(N)c2cc1OC.Clc1c2cccc1-2. The molecule has 2 N–H and O–H groups in total. The van der Waals surface area contributed by atoms with Gasteiger partial charge in [-0.25, -0.2) is 4.98 Å². The molecule has 4 aliphatic rings. The molecule has 172 valence electrons. The molecule has 1 aromatic heterocycles. The predicted molar refractivity (Wildman–Crippen MR) is 129 cm³/mol. The quantitative estimate of drug-likeness (QED) is 0.490. The number of ether oxygens (including phenoxy) is 2. The van der Waals surface area contributed by atoms with Crippen LogP contribution in [0.4, 0.5) is 11.8 Å². The highest BCUT2D eigenvalue weighted by Crippen LogP contribution is 2.47. The van der Waals surface area contributed by atoms with E-state index in [1.807, 2.05) is 29.2 Å². The standard InChI is InChI=1S/C18H23N5O3.C6H3Cl/c1-25-14-9-12-13(10-15(14)26-2)20-18(21-16(12)19)23-7-5-22(6-8-23)17(24)11-3-4-11;7-6-4-2-1-3-5(4)6/h9-11H,3-8H2,1-2H3,(H2,19,20,21);1-3H. The number of nitrogen functional groups attached to an aromatic ring is 1. The summed E-state index contributed by atoms with van der Waals surface area (Å²) in [6.07, 6.45) is 2.07. The van der Waals surface area contributed by atoms with E-state index in [1.165, 1.54) is 11.1 Å². The Hall–Kier alpha value is -3.26. The third-order valence-corrected chi connectivity index (χ3v) is 6.65. The lowest BCUT2D eigenvalue weighted by atomic mass is 10.2. The summed E-state index contributed by atoms with van der Waals surface area (Å²) >= 11 is 5.61. The zero-order valence-corrected chi connectivity index (χ0v) is 19.4. The first-order valence-corrected chi connectivity index (χ1v) is 11.4. The molecule has 2 heterocycles. The number of piperazine rings is 1. The maximum absolute atomic E-state index is 12.2. The third-order valence-electron chi connectivity index (χ3n) is 6.25. The first-order valence-electron chi connectivity index (χ1n) is 11.0. The summed E-state index contributed by atoms with van der Waals surface area (Å²) in [6.45, 7) is 2.80. The van der Waals surface area contributed by atoms with Crippen LogP contribution in [0.25, 0.3) is 22.0 Å². The molecule has 0 atom stereocenters. The number of aromatic nitrogens is 2. The Morgan fingerprint density at radius 2 is 1.67 bits per heavy atom. The van der Waals surface area contributed by atoms with Crippen LogP contribution in [-0.4, -0.2) is 61.2 Å². The molecule has 2 aromatic rings. The Balaban J connectivity index is 0.000000274. The Morgan fingerprint density at radius 3 is 2.21 bits per heavy atom. The number of amides is 1. The number of hydrogen-bond donors (Lipinski definition) is 1. The summed E-state index contributed by atoms with van der Waals surface area (Å²) in [5.41, 5.74) is 9.35.